The van der Waals surface area contributed by atoms with E-state index < -0.39 is 0 Å². The molecule has 0 spiro atoms. The minimum absolute atomic E-state index is 0.205. The molecule has 4 heteroatoms. The lowest BCUT2D eigenvalue weighted by Crippen LogP contribution is -2.38. The molecule has 0 amide bonds. The van der Waals surface area contributed by atoms with Crippen molar-refractivity contribution in [2.45, 2.75) is 65.8 Å². The van der Waals surface area contributed by atoms with Gasteiger partial charge in [-0.1, -0.05) is 56.3 Å². The van der Waals surface area contributed by atoms with Gasteiger partial charge >= 0.3 is 0 Å². The minimum Gasteiger partial charge on any atom is -0.491 e. The summed E-state index contributed by atoms with van der Waals surface area (Å²) in [7, 11) is 0. The summed E-state index contributed by atoms with van der Waals surface area (Å²) >= 11 is 0. The molecule has 1 atom stereocenters. The van der Waals surface area contributed by atoms with E-state index in [-0.39, 0.29) is 6.10 Å². The summed E-state index contributed by atoms with van der Waals surface area (Å²) in [6, 6.07) is 28.2. The van der Waals surface area contributed by atoms with Gasteiger partial charge in [-0.2, -0.15) is 0 Å². The average Bonchev–Trinajstić information content (AvgIpc) is 3.33. The normalized spacial score (nSPS) is 16.0. The number of hydrogen-bond donors (Lipinski definition) is 0. The zero-order valence-electron chi connectivity index (χ0n) is 22.4. The summed E-state index contributed by atoms with van der Waals surface area (Å²) in [5.41, 5.74) is 3.83. The fourth-order valence-electron chi connectivity index (χ4n) is 4.81. The summed E-state index contributed by atoms with van der Waals surface area (Å²) in [5.74, 6) is 2.55. The van der Waals surface area contributed by atoms with Crippen LogP contribution in [0.4, 0.5) is 5.69 Å². The molecule has 36 heavy (non-hydrogen) atoms. The smallest absolute Gasteiger partial charge is 0.119 e. The Morgan fingerprint density at radius 2 is 1.53 bits per heavy atom. The van der Waals surface area contributed by atoms with Crippen LogP contribution < -0.4 is 14.4 Å². The maximum Gasteiger partial charge on any atom is 0.119 e. The average molecular weight is 487 g/mol. The summed E-state index contributed by atoms with van der Waals surface area (Å²) in [5, 5.41) is 0. The third-order valence-corrected chi connectivity index (χ3v) is 6.75. The van der Waals surface area contributed by atoms with Gasteiger partial charge in [-0.05, 0) is 80.1 Å². The van der Waals surface area contributed by atoms with Crippen molar-refractivity contribution in [2.75, 3.05) is 24.5 Å². The lowest BCUT2D eigenvalue weighted by molar-refractivity contribution is 0.242. The molecular formula is C32H42N2O2. The van der Waals surface area contributed by atoms with Gasteiger partial charge in [0.25, 0.3) is 0 Å². The zero-order valence-corrected chi connectivity index (χ0v) is 22.4. The van der Waals surface area contributed by atoms with Gasteiger partial charge < -0.3 is 14.4 Å². The predicted octanol–water partition coefficient (Wildman–Crippen LogP) is 7.18. The van der Waals surface area contributed by atoms with E-state index in [1.54, 1.807) is 0 Å². The Hall–Kier alpha value is -2.98. The first-order valence-electron chi connectivity index (χ1n) is 13.5. The number of hydrogen-bond acceptors (Lipinski definition) is 4. The fourth-order valence-corrected chi connectivity index (χ4v) is 4.81. The Balaban J connectivity index is 1.36. The quantitative estimate of drug-likeness (QED) is 0.271. The predicted molar refractivity (Wildman–Crippen MR) is 150 cm³/mol. The standard InChI is InChI=1S/C32H42N2O2/c1-25(2)18-21-34(29-12-16-31(17-13-29)35-24-28-8-6-5-7-9-28)30-19-20-33(23-30)22-27-10-14-32(15-11-27)36-26(3)4/h5-17,25-26,30H,18-24H2,1-4H3. The molecule has 0 bridgehead atoms. The van der Waals surface area contributed by atoms with E-state index in [2.05, 4.69) is 110 Å². The Kier molecular flexibility index (Phi) is 9.29. The van der Waals surface area contributed by atoms with Crippen molar-refractivity contribution in [3.8, 4) is 11.5 Å². The van der Waals surface area contributed by atoms with Crippen molar-refractivity contribution in [1.29, 1.82) is 0 Å². The molecular weight excluding hydrogens is 444 g/mol. The molecule has 1 unspecified atom stereocenters. The van der Waals surface area contributed by atoms with E-state index in [0.717, 1.165) is 37.7 Å². The van der Waals surface area contributed by atoms with Crippen molar-refractivity contribution in [2.24, 2.45) is 5.92 Å². The summed E-state index contributed by atoms with van der Waals surface area (Å²) in [4.78, 5) is 5.21. The van der Waals surface area contributed by atoms with E-state index in [9.17, 15) is 0 Å². The molecule has 1 fully saturated rings. The molecule has 0 saturated carbocycles. The van der Waals surface area contributed by atoms with Crippen LogP contribution >= 0.6 is 0 Å². The van der Waals surface area contributed by atoms with Crippen molar-refractivity contribution >= 4 is 5.69 Å². The Bertz CT molecular complexity index is 1030. The number of likely N-dealkylation sites (tertiary alicyclic amines) is 1. The van der Waals surface area contributed by atoms with Crippen LogP contribution in [0.3, 0.4) is 0 Å². The van der Waals surface area contributed by atoms with Crippen LogP contribution in [0.5, 0.6) is 11.5 Å². The lowest BCUT2D eigenvalue weighted by atomic mass is 10.1. The van der Waals surface area contributed by atoms with Crippen molar-refractivity contribution < 1.29 is 9.47 Å². The van der Waals surface area contributed by atoms with E-state index in [1.807, 2.05) is 6.07 Å². The van der Waals surface area contributed by atoms with Crippen LogP contribution in [0.2, 0.25) is 0 Å². The third kappa shape index (κ3) is 7.76. The van der Waals surface area contributed by atoms with Gasteiger partial charge in [-0.15, -0.1) is 0 Å². The van der Waals surface area contributed by atoms with Crippen LogP contribution in [0.15, 0.2) is 78.9 Å². The van der Waals surface area contributed by atoms with Crippen molar-refractivity contribution in [3.05, 3.63) is 90.0 Å². The second-order valence-corrected chi connectivity index (χ2v) is 10.6. The molecule has 192 valence electrons. The molecule has 3 aromatic carbocycles. The molecule has 0 radical (unpaired) electrons. The third-order valence-electron chi connectivity index (χ3n) is 6.75. The molecule has 4 nitrogen and oxygen atoms in total. The molecule has 0 aromatic heterocycles. The summed E-state index contributed by atoms with van der Waals surface area (Å²) < 4.78 is 11.8. The van der Waals surface area contributed by atoms with Gasteiger partial charge in [-0.3, -0.25) is 4.90 Å². The lowest BCUT2D eigenvalue weighted by Gasteiger charge is -2.32. The number of rotatable bonds is 12. The maximum absolute atomic E-state index is 6.03. The first kappa shape index (κ1) is 26.1. The topological polar surface area (TPSA) is 24.9 Å². The van der Waals surface area contributed by atoms with E-state index in [4.69, 9.17) is 9.47 Å². The summed E-state index contributed by atoms with van der Waals surface area (Å²) in [6.45, 7) is 13.6. The molecule has 0 aliphatic carbocycles. The van der Waals surface area contributed by atoms with Crippen molar-refractivity contribution in [3.63, 3.8) is 0 Å². The van der Waals surface area contributed by atoms with Crippen molar-refractivity contribution in [1.82, 2.24) is 4.90 Å². The van der Waals surface area contributed by atoms with Crippen LogP contribution in [0, 0.1) is 5.92 Å². The highest BCUT2D eigenvalue weighted by atomic mass is 16.5. The van der Waals surface area contributed by atoms with Crippen LogP contribution in [-0.2, 0) is 13.2 Å². The molecule has 0 N–H and O–H groups in total. The first-order valence-corrected chi connectivity index (χ1v) is 13.5. The molecule has 3 aromatic rings. The summed E-state index contributed by atoms with van der Waals surface area (Å²) in [6.07, 6.45) is 2.59. The molecule has 4 rings (SSSR count). The SMILES string of the molecule is CC(C)CCN(c1ccc(OCc2ccccc2)cc1)C1CCN(Cc2ccc(OC(C)C)cc2)C1. The number of ether oxygens (including phenoxy) is 2. The number of nitrogens with zero attached hydrogens (tertiary/aromatic N) is 2. The highest BCUT2D eigenvalue weighted by Crippen LogP contribution is 2.28. The van der Waals surface area contributed by atoms with Gasteiger partial charge in [0.2, 0.25) is 0 Å². The molecule has 1 aliphatic heterocycles. The first-order chi connectivity index (χ1) is 17.5. The Morgan fingerprint density at radius 3 is 2.19 bits per heavy atom. The van der Waals surface area contributed by atoms with E-state index in [0.29, 0.717) is 18.6 Å². The highest BCUT2D eigenvalue weighted by Gasteiger charge is 2.28. The van der Waals surface area contributed by atoms with E-state index >= 15 is 0 Å². The second kappa shape index (κ2) is 12.8. The van der Waals surface area contributed by atoms with Gasteiger partial charge in [0.05, 0.1) is 6.10 Å². The maximum atomic E-state index is 6.03. The Morgan fingerprint density at radius 1 is 0.833 bits per heavy atom. The largest absolute Gasteiger partial charge is 0.491 e. The number of anilines is 1. The van der Waals surface area contributed by atoms with Crippen LogP contribution in [-0.4, -0.2) is 36.7 Å². The highest BCUT2D eigenvalue weighted by molar-refractivity contribution is 5.50. The minimum atomic E-state index is 0.205. The van der Waals surface area contributed by atoms with E-state index in [1.165, 1.54) is 29.7 Å². The van der Waals surface area contributed by atoms with Crippen LogP contribution in [0.25, 0.3) is 0 Å². The Labute approximate surface area is 217 Å². The molecule has 1 heterocycles. The van der Waals surface area contributed by atoms with Gasteiger partial charge in [-0.25, -0.2) is 0 Å². The van der Waals surface area contributed by atoms with Gasteiger partial charge in [0.15, 0.2) is 0 Å². The fraction of sp³-hybridized carbons (Fsp3) is 0.438. The second-order valence-electron chi connectivity index (χ2n) is 10.6. The number of benzene rings is 3. The van der Waals surface area contributed by atoms with Gasteiger partial charge in [0, 0.05) is 37.9 Å². The van der Waals surface area contributed by atoms with Crippen LogP contribution in [0.1, 0.15) is 51.7 Å². The monoisotopic (exact) mass is 486 g/mol. The molecule has 1 aliphatic rings. The molecule has 1 saturated heterocycles. The van der Waals surface area contributed by atoms with Gasteiger partial charge in [0.1, 0.15) is 18.1 Å². The zero-order chi connectivity index (χ0) is 25.3.